The van der Waals surface area contributed by atoms with Gasteiger partial charge in [0.05, 0.1) is 12.7 Å². The number of hydrogen-bond acceptors (Lipinski definition) is 3. The Hall–Kier alpha value is -1.62. The number of carbonyl (C=O) groups is 1. The third-order valence-electron chi connectivity index (χ3n) is 1.85. The van der Waals surface area contributed by atoms with Crippen LogP contribution in [0.2, 0.25) is 0 Å². The Balaban J connectivity index is 2.38. The number of H-pyrrole nitrogens is 1. The number of amides is 1. The molecule has 0 bridgehead atoms. The molecule has 0 aliphatic heterocycles. The topological polar surface area (TPSA) is 71.2 Å². The van der Waals surface area contributed by atoms with Crippen LogP contribution in [0.3, 0.4) is 0 Å². The molecule has 16 heavy (non-hydrogen) atoms. The lowest BCUT2D eigenvalue weighted by Gasteiger charge is -2.08. The lowest BCUT2D eigenvalue weighted by Crippen LogP contribution is -2.29. The standard InChI is InChI=1S/C11H16N2O3/c1-8(2)16-7-6-12-11(15)9-4-3-5-10(14)13-9/h3-5,8H,6-7H2,1-2H3,(H,12,15)(H,13,14). The number of rotatable bonds is 5. The summed E-state index contributed by atoms with van der Waals surface area (Å²) in [6.07, 6.45) is 0.147. The van der Waals surface area contributed by atoms with Crippen molar-refractivity contribution in [3.63, 3.8) is 0 Å². The average molecular weight is 224 g/mol. The minimum atomic E-state index is -0.301. The predicted octanol–water partition coefficient (Wildman–Crippen LogP) is 0.530. The molecule has 1 rings (SSSR count). The summed E-state index contributed by atoms with van der Waals surface area (Å²) >= 11 is 0. The normalized spacial score (nSPS) is 10.4. The Morgan fingerprint density at radius 3 is 2.88 bits per heavy atom. The summed E-state index contributed by atoms with van der Waals surface area (Å²) in [5.41, 5.74) is -0.0249. The van der Waals surface area contributed by atoms with Gasteiger partial charge in [0.25, 0.3) is 5.91 Å². The van der Waals surface area contributed by atoms with Crippen molar-refractivity contribution in [2.45, 2.75) is 20.0 Å². The van der Waals surface area contributed by atoms with E-state index in [0.717, 1.165) is 0 Å². The van der Waals surface area contributed by atoms with Crippen molar-refractivity contribution >= 4 is 5.91 Å². The molecule has 1 amide bonds. The molecule has 5 heteroatoms. The van der Waals surface area contributed by atoms with Gasteiger partial charge in [-0.15, -0.1) is 0 Å². The van der Waals surface area contributed by atoms with Crippen LogP contribution >= 0.6 is 0 Å². The van der Waals surface area contributed by atoms with E-state index in [1.807, 2.05) is 13.8 Å². The van der Waals surface area contributed by atoms with Crippen molar-refractivity contribution in [3.05, 3.63) is 34.2 Å². The highest BCUT2D eigenvalue weighted by molar-refractivity contribution is 5.92. The van der Waals surface area contributed by atoms with Crippen molar-refractivity contribution < 1.29 is 9.53 Å². The molecule has 0 aromatic carbocycles. The van der Waals surface area contributed by atoms with E-state index < -0.39 is 0 Å². The molecule has 1 heterocycles. The summed E-state index contributed by atoms with van der Waals surface area (Å²) in [7, 11) is 0. The molecular weight excluding hydrogens is 208 g/mol. The van der Waals surface area contributed by atoms with Crippen LogP contribution in [-0.4, -0.2) is 30.1 Å². The first kappa shape index (κ1) is 12.4. The Morgan fingerprint density at radius 1 is 1.50 bits per heavy atom. The van der Waals surface area contributed by atoms with E-state index in [0.29, 0.717) is 13.2 Å². The van der Waals surface area contributed by atoms with Gasteiger partial charge in [-0.2, -0.15) is 0 Å². The van der Waals surface area contributed by atoms with E-state index in [-0.39, 0.29) is 23.3 Å². The minimum absolute atomic E-state index is 0.147. The maximum absolute atomic E-state index is 11.5. The van der Waals surface area contributed by atoms with Gasteiger partial charge in [-0.25, -0.2) is 0 Å². The number of carbonyl (C=O) groups excluding carboxylic acids is 1. The van der Waals surface area contributed by atoms with E-state index in [2.05, 4.69) is 10.3 Å². The van der Waals surface area contributed by atoms with Gasteiger partial charge < -0.3 is 15.0 Å². The first-order valence-corrected chi connectivity index (χ1v) is 5.18. The second-order valence-corrected chi connectivity index (χ2v) is 3.60. The average Bonchev–Trinajstić information content (AvgIpc) is 2.24. The fourth-order valence-electron chi connectivity index (χ4n) is 1.13. The number of aromatic amines is 1. The third-order valence-corrected chi connectivity index (χ3v) is 1.85. The molecule has 1 aromatic heterocycles. The molecule has 0 aliphatic rings. The monoisotopic (exact) mass is 224 g/mol. The number of aromatic nitrogens is 1. The number of nitrogens with one attached hydrogen (secondary N) is 2. The van der Waals surface area contributed by atoms with Crippen molar-refractivity contribution in [1.29, 1.82) is 0 Å². The number of ether oxygens (including phenoxy) is 1. The molecule has 1 aromatic rings. The summed E-state index contributed by atoms with van der Waals surface area (Å²) < 4.78 is 5.27. The first-order valence-electron chi connectivity index (χ1n) is 5.18. The van der Waals surface area contributed by atoms with Gasteiger partial charge in [-0.1, -0.05) is 6.07 Å². The molecule has 88 valence electrons. The van der Waals surface area contributed by atoms with E-state index in [1.54, 1.807) is 12.1 Å². The molecule has 5 nitrogen and oxygen atoms in total. The molecule has 0 saturated carbocycles. The SMILES string of the molecule is CC(C)OCCNC(=O)c1cccc(=O)[nH]1. The maximum atomic E-state index is 11.5. The van der Waals surface area contributed by atoms with Crippen LogP contribution in [0.1, 0.15) is 24.3 Å². The third kappa shape index (κ3) is 4.27. The predicted molar refractivity (Wildman–Crippen MR) is 60.5 cm³/mol. The van der Waals surface area contributed by atoms with Crippen molar-refractivity contribution in [2.75, 3.05) is 13.2 Å². The molecule has 0 spiro atoms. The van der Waals surface area contributed by atoms with Gasteiger partial charge in [-0.05, 0) is 19.9 Å². The van der Waals surface area contributed by atoms with Gasteiger partial charge in [-0.3, -0.25) is 9.59 Å². The largest absolute Gasteiger partial charge is 0.377 e. The Morgan fingerprint density at radius 2 is 2.25 bits per heavy atom. The van der Waals surface area contributed by atoms with Gasteiger partial charge in [0, 0.05) is 12.6 Å². The molecule has 0 atom stereocenters. The number of pyridine rings is 1. The van der Waals surface area contributed by atoms with Crippen LogP contribution in [-0.2, 0) is 4.74 Å². The molecular formula is C11H16N2O3. The van der Waals surface area contributed by atoms with E-state index in [4.69, 9.17) is 4.74 Å². The highest BCUT2D eigenvalue weighted by Crippen LogP contribution is 1.90. The highest BCUT2D eigenvalue weighted by Gasteiger charge is 2.04. The zero-order valence-electron chi connectivity index (χ0n) is 9.45. The molecule has 0 unspecified atom stereocenters. The van der Waals surface area contributed by atoms with Crippen molar-refractivity contribution in [1.82, 2.24) is 10.3 Å². The van der Waals surface area contributed by atoms with Crippen LogP contribution in [0.4, 0.5) is 0 Å². The van der Waals surface area contributed by atoms with E-state index >= 15 is 0 Å². The van der Waals surface area contributed by atoms with Gasteiger partial charge in [0.1, 0.15) is 5.69 Å². The highest BCUT2D eigenvalue weighted by atomic mass is 16.5. The smallest absolute Gasteiger partial charge is 0.267 e. The van der Waals surface area contributed by atoms with E-state index in [1.165, 1.54) is 6.07 Å². The second-order valence-electron chi connectivity index (χ2n) is 3.60. The molecule has 0 aliphatic carbocycles. The summed E-state index contributed by atoms with van der Waals surface area (Å²) in [6, 6.07) is 4.46. The maximum Gasteiger partial charge on any atom is 0.267 e. The molecule has 0 radical (unpaired) electrons. The summed E-state index contributed by atoms with van der Waals surface area (Å²) in [5.74, 6) is -0.301. The fraction of sp³-hybridized carbons (Fsp3) is 0.455. The van der Waals surface area contributed by atoms with Crippen LogP contribution in [0.15, 0.2) is 23.0 Å². The molecule has 0 saturated heterocycles. The zero-order valence-corrected chi connectivity index (χ0v) is 9.45. The quantitative estimate of drug-likeness (QED) is 0.717. The zero-order chi connectivity index (χ0) is 12.0. The Kier molecular flexibility index (Phi) is 4.72. The van der Waals surface area contributed by atoms with Crippen LogP contribution in [0, 0.1) is 0 Å². The second kappa shape index (κ2) is 6.07. The first-order chi connectivity index (χ1) is 7.59. The molecule has 2 N–H and O–H groups in total. The fourth-order valence-corrected chi connectivity index (χ4v) is 1.13. The minimum Gasteiger partial charge on any atom is -0.377 e. The summed E-state index contributed by atoms with van der Waals surface area (Å²) in [5, 5.41) is 2.65. The number of hydrogen-bond donors (Lipinski definition) is 2. The lowest BCUT2D eigenvalue weighted by molar-refractivity contribution is 0.0745. The van der Waals surface area contributed by atoms with Gasteiger partial charge >= 0.3 is 0 Å². The summed E-state index contributed by atoms with van der Waals surface area (Å²) in [4.78, 5) is 24.9. The Labute approximate surface area is 93.8 Å². The lowest BCUT2D eigenvalue weighted by atomic mass is 10.3. The van der Waals surface area contributed by atoms with Gasteiger partial charge in [0.15, 0.2) is 0 Å². The molecule has 0 fully saturated rings. The van der Waals surface area contributed by atoms with Crippen LogP contribution in [0.5, 0.6) is 0 Å². The van der Waals surface area contributed by atoms with E-state index in [9.17, 15) is 9.59 Å². The van der Waals surface area contributed by atoms with Crippen molar-refractivity contribution in [2.24, 2.45) is 0 Å². The Bertz CT molecular complexity index is 398. The van der Waals surface area contributed by atoms with Gasteiger partial charge in [0.2, 0.25) is 5.56 Å². The van der Waals surface area contributed by atoms with Crippen LogP contribution < -0.4 is 10.9 Å². The van der Waals surface area contributed by atoms with Crippen LogP contribution in [0.25, 0.3) is 0 Å². The summed E-state index contributed by atoms with van der Waals surface area (Å²) in [6.45, 7) is 4.74. The van der Waals surface area contributed by atoms with Crippen molar-refractivity contribution in [3.8, 4) is 0 Å².